The van der Waals surface area contributed by atoms with Gasteiger partial charge in [0.25, 0.3) is 0 Å². The maximum atomic E-state index is 10.8. The van der Waals surface area contributed by atoms with Crippen molar-refractivity contribution in [1.82, 2.24) is 0 Å². The first-order valence-corrected chi connectivity index (χ1v) is 4.07. The van der Waals surface area contributed by atoms with Crippen LogP contribution in [0.4, 0.5) is 0 Å². The molecule has 0 N–H and O–H groups in total. The molecule has 0 aromatic heterocycles. The number of carbonyl (C=O) groups is 1. The van der Waals surface area contributed by atoms with E-state index >= 15 is 0 Å². The summed E-state index contributed by atoms with van der Waals surface area (Å²) in [6.07, 6.45) is 0. The molecule has 0 unspecified atom stereocenters. The Labute approximate surface area is 77.9 Å². The molecular weight excluding hydrogens is 222 g/mol. The molecule has 1 aromatic rings. The van der Waals surface area contributed by atoms with Gasteiger partial charge in [0.1, 0.15) is 0 Å². The third-order valence-electron chi connectivity index (χ3n) is 1.37. The summed E-state index contributed by atoms with van der Waals surface area (Å²) in [4.78, 5) is 20.7. The van der Waals surface area contributed by atoms with Crippen molar-refractivity contribution in [2.45, 2.75) is 6.92 Å². The van der Waals surface area contributed by atoms with E-state index in [0.29, 0.717) is 5.56 Å². The van der Waals surface area contributed by atoms with E-state index < -0.39 is 5.91 Å². The summed E-state index contributed by atoms with van der Waals surface area (Å²) in [5.74, 6) is -0.737. The fourth-order valence-electron chi connectivity index (χ4n) is 0.913. The third-order valence-corrected chi connectivity index (χ3v) is 1.83. The minimum atomic E-state index is -0.737. The summed E-state index contributed by atoms with van der Waals surface area (Å²) >= 11 is 3.21. The Morgan fingerprint density at radius 2 is 2.08 bits per heavy atom. The maximum Gasteiger partial charge on any atom is 0.316 e. The van der Waals surface area contributed by atoms with Gasteiger partial charge >= 0.3 is 5.91 Å². The van der Waals surface area contributed by atoms with E-state index in [-0.39, 0.29) is 0 Å². The normalized spacial score (nSPS) is 9.50. The molecular formula is C8H6BrNO2. The van der Waals surface area contributed by atoms with Crippen LogP contribution in [0.25, 0.3) is 0 Å². The van der Waals surface area contributed by atoms with Crippen molar-refractivity contribution >= 4 is 21.8 Å². The monoisotopic (exact) mass is 227 g/mol. The van der Waals surface area contributed by atoms with E-state index in [9.17, 15) is 9.70 Å². The highest BCUT2D eigenvalue weighted by molar-refractivity contribution is 9.10. The topological polar surface area (TPSA) is 46.5 Å². The molecule has 0 aliphatic carbocycles. The van der Waals surface area contributed by atoms with E-state index in [1.807, 2.05) is 13.0 Å². The SMILES string of the molecule is Cc1cc(Br)cc(C(=O)N=O)c1. The van der Waals surface area contributed by atoms with Gasteiger partial charge in [-0.3, -0.25) is 4.79 Å². The second-order valence-electron chi connectivity index (χ2n) is 2.41. The first kappa shape index (κ1) is 9.06. The molecule has 1 rings (SSSR count). The molecule has 0 aliphatic rings. The van der Waals surface area contributed by atoms with Gasteiger partial charge in [0.15, 0.2) is 0 Å². The number of amides is 1. The predicted molar refractivity (Wildman–Crippen MR) is 49.0 cm³/mol. The van der Waals surface area contributed by atoms with Crippen LogP contribution in [-0.4, -0.2) is 5.91 Å². The van der Waals surface area contributed by atoms with Gasteiger partial charge in [0.05, 0.1) is 0 Å². The van der Waals surface area contributed by atoms with Crippen molar-refractivity contribution in [2.24, 2.45) is 5.18 Å². The smallest absolute Gasteiger partial charge is 0.263 e. The predicted octanol–water partition coefficient (Wildman–Crippen LogP) is 2.66. The molecule has 0 atom stereocenters. The second kappa shape index (κ2) is 3.58. The van der Waals surface area contributed by atoms with Crippen LogP contribution in [0, 0.1) is 11.8 Å². The highest BCUT2D eigenvalue weighted by Gasteiger charge is 2.05. The standard InChI is InChI=1S/C8H6BrNO2/c1-5-2-6(8(11)10-12)4-7(9)3-5/h2-4H,1H3. The van der Waals surface area contributed by atoms with Gasteiger partial charge < -0.3 is 0 Å². The zero-order chi connectivity index (χ0) is 9.14. The number of nitroso groups, excluding NO2 is 1. The van der Waals surface area contributed by atoms with Gasteiger partial charge in [0.2, 0.25) is 0 Å². The highest BCUT2D eigenvalue weighted by Crippen LogP contribution is 2.15. The number of nitrogens with zero attached hydrogens (tertiary/aromatic N) is 1. The average Bonchev–Trinajstić information content (AvgIpc) is 2.01. The summed E-state index contributed by atoms with van der Waals surface area (Å²) in [6.45, 7) is 1.84. The summed E-state index contributed by atoms with van der Waals surface area (Å²) in [6, 6.07) is 5.03. The van der Waals surface area contributed by atoms with Crippen LogP contribution in [0.5, 0.6) is 0 Å². The summed E-state index contributed by atoms with van der Waals surface area (Å²) in [7, 11) is 0. The molecule has 0 aliphatic heterocycles. The number of aryl methyl sites for hydroxylation is 1. The van der Waals surface area contributed by atoms with Crippen molar-refractivity contribution in [3.8, 4) is 0 Å². The summed E-state index contributed by atoms with van der Waals surface area (Å²) in [5, 5.41) is 2.33. The fraction of sp³-hybridized carbons (Fsp3) is 0.125. The van der Waals surface area contributed by atoms with Crippen molar-refractivity contribution < 1.29 is 4.79 Å². The lowest BCUT2D eigenvalue weighted by Gasteiger charge is -1.97. The van der Waals surface area contributed by atoms with E-state index in [1.54, 1.807) is 12.1 Å². The highest BCUT2D eigenvalue weighted by atomic mass is 79.9. The average molecular weight is 228 g/mol. The van der Waals surface area contributed by atoms with E-state index in [2.05, 4.69) is 21.1 Å². The van der Waals surface area contributed by atoms with Crippen molar-refractivity contribution in [3.63, 3.8) is 0 Å². The second-order valence-corrected chi connectivity index (χ2v) is 3.33. The Morgan fingerprint density at radius 1 is 1.42 bits per heavy atom. The first-order valence-electron chi connectivity index (χ1n) is 3.28. The van der Waals surface area contributed by atoms with Crippen molar-refractivity contribution in [1.29, 1.82) is 0 Å². The van der Waals surface area contributed by atoms with Gasteiger partial charge in [-0.25, -0.2) is 0 Å². The molecule has 62 valence electrons. The molecule has 1 aromatic carbocycles. The van der Waals surface area contributed by atoms with Crippen molar-refractivity contribution in [3.05, 3.63) is 38.7 Å². The Balaban J connectivity index is 3.17. The Bertz CT molecular complexity index is 316. The van der Waals surface area contributed by atoms with Crippen molar-refractivity contribution in [2.75, 3.05) is 0 Å². The number of hydrogen-bond donors (Lipinski definition) is 0. The van der Waals surface area contributed by atoms with E-state index in [4.69, 9.17) is 0 Å². The molecule has 12 heavy (non-hydrogen) atoms. The number of benzene rings is 1. The maximum absolute atomic E-state index is 10.8. The minimum Gasteiger partial charge on any atom is -0.263 e. The Morgan fingerprint density at radius 3 is 2.58 bits per heavy atom. The van der Waals surface area contributed by atoms with Crippen LogP contribution in [0.15, 0.2) is 27.8 Å². The minimum absolute atomic E-state index is 0.317. The lowest BCUT2D eigenvalue weighted by atomic mass is 10.1. The van der Waals surface area contributed by atoms with E-state index in [0.717, 1.165) is 10.0 Å². The molecule has 0 bridgehead atoms. The zero-order valence-electron chi connectivity index (χ0n) is 6.37. The number of carbonyl (C=O) groups excluding carboxylic acids is 1. The van der Waals surface area contributed by atoms with Gasteiger partial charge in [0, 0.05) is 15.2 Å². The molecule has 0 spiro atoms. The van der Waals surface area contributed by atoms with Crippen LogP contribution in [0.2, 0.25) is 0 Å². The van der Waals surface area contributed by atoms with Crippen LogP contribution < -0.4 is 0 Å². The van der Waals surface area contributed by atoms with Crippen LogP contribution in [0.3, 0.4) is 0 Å². The van der Waals surface area contributed by atoms with Crippen LogP contribution in [-0.2, 0) is 0 Å². The quantitative estimate of drug-likeness (QED) is 0.693. The molecule has 1 amide bonds. The Hall–Kier alpha value is -1.03. The van der Waals surface area contributed by atoms with Crippen LogP contribution >= 0.6 is 15.9 Å². The Kier molecular flexibility index (Phi) is 2.70. The summed E-state index contributed by atoms with van der Waals surface area (Å²) < 4.78 is 0.773. The largest absolute Gasteiger partial charge is 0.316 e. The molecule has 3 nitrogen and oxygen atoms in total. The lowest BCUT2D eigenvalue weighted by molar-refractivity contribution is 0.100. The molecule has 4 heteroatoms. The van der Waals surface area contributed by atoms with Gasteiger partial charge in [-0.2, -0.15) is 0 Å². The third kappa shape index (κ3) is 1.98. The van der Waals surface area contributed by atoms with Crippen LogP contribution in [0.1, 0.15) is 15.9 Å². The fourth-order valence-corrected chi connectivity index (χ4v) is 1.52. The number of hydrogen-bond acceptors (Lipinski definition) is 2. The molecule has 0 fully saturated rings. The lowest BCUT2D eigenvalue weighted by Crippen LogP contribution is -1.93. The molecule has 0 heterocycles. The van der Waals surface area contributed by atoms with Gasteiger partial charge in [-0.15, -0.1) is 4.91 Å². The summed E-state index contributed by atoms with van der Waals surface area (Å²) in [5.41, 5.74) is 1.23. The molecule has 0 radical (unpaired) electrons. The number of halogens is 1. The first-order chi connectivity index (χ1) is 5.63. The van der Waals surface area contributed by atoms with E-state index in [1.165, 1.54) is 0 Å². The zero-order valence-corrected chi connectivity index (χ0v) is 7.96. The van der Waals surface area contributed by atoms with Gasteiger partial charge in [-0.05, 0) is 30.7 Å². The number of rotatable bonds is 1. The van der Waals surface area contributed by atoms with Gasteiger partial charge in [-0.1, -0.05) is 15.9 Å². The molecule has 0 saturated carbocycles. The molecule has 0 saturated heterocycles.